The number of Topliss-reactive ketones (excluding diaryl/α,β-unsaturated/α-hetero) is 1. The molecule has 1 saturated carbocycles. The molecule has 3 heteroatoms. The Hall–Kier alpha value is -1.35. The van der Waals surface area contributed by atoms with E-state index in [9.17, 15) is 9.90 Å². The van der Waals surface area contributed by atoms with E-state index in [-0.39, 0.29) is 12.2 Å². The lowest BCUT2D eigenvalue weighted by atomic mass is 9.80. The number of carbonyl (C=O) groups excluding carboxylic acids is 1. The van der Waals surface area contributed by atoms with E-state index in [1.165, 1.54) is 0 Å². The van der Waals surface area contributed by atoms with Gasteiger partial charge in [-0.3, -0.25) is 4.79 Å². The molecule has 2 rings (SSSR count). The molecule has 19 heavy (non-hydrogen) atoms. The maximum Gasteiger partial charge on any atom is 0.168 e. The van der Waals surface area contributed by atoms with Crippen molar-refractivity contribution in [2.24, 2.45) is 0 Å². The van der Waals surface area contributed by atoms with Crippen LogP contribution in [0.15, 0.2) is 18.2 Å². The van der Waals surface area contributed by atoms with Crippen LogP contribution in [0, 0.1) is 6.92 Å². The number of hydrogen-bond acceptors (Lipinski definition) is 3. The standard InChI is InChI=1S/C16H22O3/c1-12-6-7-14(19-2)13(10-12)11-15(17)16(18)8-4-3-5-9-16/h6-7,10,18H,3-5,8-9,11H2,1-2H3. The molecular weight excluding hydrogens is 240 g/mol. The summed E-state index contributed by atoms with van der Waals surface area (Å²) in [4.78, 5) is 12.4. The molecule has 0 saturated heterocycles. The van der Waals surface area contributed by atoms with Crippen LogP contribution in [-0.2, 0) is 11.2 Å². The van der Waals surface area contributed by atoms with Crippen molar-refractivity contribution >= 4 is 5.78 Å². The summed E-state index contributed by atoms with van der Waals surface area (Å²) in [6, 6.07) is 5.80. The molecule has 0 amide bonds. The first-order chi connectivity index (χ1) is 9.05. The molecule has 0 spiro atoms. The lowest BCUT2D eigenvalue weighted by Crippen LogP contribution is -2.41. The normalized spacial score (nSPS) is 18.1. The summed E-state index contributed by atoms with van der Waals surface area (Å²) in [5, 5.41) is 10.4. The molecule has 0 aromatic heterocycles. The number of rotatable bonds is 4. The van der Waals surface area contributed by atoms with E-state index in [0.717, 1.165) is 36.1 Å². The van der Waals surface area contributed by atoms with Crippen molar-refractivity contribution in [3.05, 3.63) is 29.3 Å². The number of benzene rings is 1. The Bertz CT molecular complexity index is 459. The van der Waals surface area contributed by atoms with Crippen molar-refractivity contribution in [3.63, 3.8) is 0 Å². The largest absolute Gasteiger partial charge is 0.496 e. The summed E-state index contributed by atoms with van der Waals surface area (Å²) in [6.45, 7) is 1.99. The van der Waals surface area contributed by atoms with Gasteiger partial charge >= 0.3 is 0 Å². The molecule has 0 aliphatic heterocycles. The third-order valence-electron chi connectivity index (χ3n) is 3.99. The van der Waals surface area contributed by atoms with Gasteiger partial charge in [0.25, 0.3) is 0 Å². The van der Waals surface area contributed by atoms with Crippen LogP contribution in [0.5, 0.6) is 5.75 Å². The van der Waals surface area contributed by atoms with Crippen molar-refractivity contribution in [1.82, 2.24) is 0 Å². The number of ether oxygens (including phenoxy) is 1. The summed E-state index contributed by atoms with van der Waals surface area (Å²) < 4.78 is 5.29. The Labute approximate surface area is 114 Å². The highest BCUT2D eigenvalue weighted by Crippen LogP contribution is 2.31. The SMILES string of the molecule is COc1ccc(C)cc1CC(=O)C1(O)CCCCC1. The minimum atomic E-state index is -1.12. The first kappa shape index (κ1) is 14.1. The Morgan fingerprint density at radius 1 is 1.32 bits per heavy atom. The molecular formula is C16H22O3. The fourth-order valence-electron chi connectivity index (χ4n) is 2.80. The molecule has 1 aromatic rings. The highest BCUT2D eigenvalue weighted by molar-refractivity contribution is 5.89. The lowest BCUT2D eigenvalue weighted by molar-refractivity contribution is -0.139. The molecule has 1 aliphatic carbocycles. The van der Waals surface area contributed by atoms with E-state index in [4.69, 9.17) is 4.74 Å². The molecule has 0 bridgehead atoms. The van der Waals surface area contributed by atoms with Crippen molar-refractivity contribution in [2.75, 3.05) is 7.11 Å². The van der Waals surface area contributed by atoms with Crippen LogP contribution in [0.25, 0.3) is 0 Å². The summed E-state index contributed by atoms with van der Waals surface area (Å²) in [7, 11) is 1.61. The van der Waals surface area contributed by atoms with Crippen LogP contribution in [0.1, 0.15) is 43.2 Å². The second kappa shape index (κ2) is 5.74. The van der Waals surface area contributed by atoms with Crippen LogP contribution in [-0.4, -0.2) is 23.6 Å². The van der Waals surface area contributed by atoms with Gasteiger partial charge < -0.3 is 9.84 Å². The average molecular weight is 262 g/mol. The van der Waals surface area contributed by atoms with E-state index in [1.54, 1.807) is 7.11 Å². The van der Waals surface area contributed by atoms with Gasteiger partial charge in [-0.2, -0.15) is 0 Å². The Morgan fingerprint density at radius 2 is 2.00 bits per heavy atom. The van der Waals surface area contributed by atoms with Crippen molar-refractivity contribution in [2.45, 2.75) is 51.0 Å². The number of carbonyl (C=O) groups is 1. The second-order valence-corrected chi connectivity index (χ2v) is 5.51. The predicted molar refractivity (Wildman–Crippen MR) is 74.5 cm³/mol. The van der Waals surface area contributed by atoms with Gasteiger partial charge in [0.2, 0.25) is 0 Å². The number of aliphatic hydroxyl groups is 1. The van der Waals surface area contributed by atoms with Gasteiger partial charge in [-0.25, -0.2) is 0 Å². The maximum absolute atomic E-state index is 12.4. The zero-order chi connectivity index (χ0) is 13.9. The van der Waals surface area contributed by atoms with Gasteiger partial charge in [-0.1, -0.05) is 37.0 Å². The second-order valence-electron chi connectivity index (χ2n) is 5.51. The van der Waals surface area contributed by atoms with E-state index in [1.807, 2.05) is 25.1 Å². The molecule has 0 heterocycles. The van der Waals surface area contributed by atoms with Crippen LogP contribution in [0.4, 0.5) is 0 Å². The van der Waals surface area contributed by atoms with E-state index in [2.05, 4.69) is 0 Å². The first-order valence-electron chi connectivity index (χ1n) is 6.94. The fraction of sp³-hybridized carbons (Fsp3) is 0.562. The Balaban J connectivity index is 2.16. The molecule has 1 N–H and O–H groups in total. The number of aryl methyl sites for hydroxylation is 1. The zero-order valence-corrected chi connectivity index (χ0v) is 11.7. The molecule has 0 atom stereocenters. The quantitative estimate of drug-likeness (QED) is 0.907. The minimum Gasteiger partial charge on any atom is -0.496 e. The topological polar surface area (TPSA) is 46.5 Å². The molecule has 1 aliphatic rings. The Kier molecular flexibility index (Phi) is 4.25. The van der Waals surface area contributed by atoms with E-state index >= 15 is 0 Å². The molecule has 1 aromatic carbocycles. The van der Waals surface area contributed by atoms with Crippen LogP contribution in [0.2, 0.25) is 0 Å². The predicted octanol–water partition coefficient (Wildman–Crippen LogP) is 2.81. The smallest absolute Gasteiger partial charge is 0.168 e. The highest BCUT2D eigenvalue weighted by Gasteiger charge is 2.36. The van der Waals surface area contributed by atoms with Gasteiger partial charge in [0.15, 0.2) is 5.78 Å². The van der Waals surface area contributed by atoms with E-state index in [0.29, 0.717) is 12.8 Å². The van der Waals surface area contributed by atoms with Crippen molar-refractivity contribution in [3.8, 4) is 5.75 Å². The monoisotopic (exact) mass is 262 g/mol. The summed E-state index contributed by atoms with van der Waals surface area (Å²) >= 11 is 0. The van der Waals surface area contributed by atoms with Crippen molar-refractivity contribution < 1.29 is 14.6 Å². The van der Waals surface area contributed by atoms with Gasteiger partial charge in [0.05, 0.1) is 7.11 Å². The van der Waals surface area contributed by atoms with Gasteiger partial charge in [-0.15, -0.1) is 0 Å². The lowest BCUT2D eigenvalue weighted by Gasteiger charge is -2.30. The van der Waals surface area contributed by atoms with Gasteiger partial charge in [0, 0.05) is 12.0 Å². The highest BCUT2D eigenvalue weighted by atomic mass is 16.5. The van der Waals surface area contributed by atoms with E-state index < -0.39 is 5.60 Å². The molecule has 1 fully saturated rings. The maximum atomic E-state index is 12.4. The molecule has 0 radical (unpaired) electrons. The average Bonchev–Trinajstić information content (AvgIpc) is 2.40. The summed E-state index contributed by atoms with van der Waals surface area (Å²) in [6.07, 6.45) is 4.44. The summed E-state index contributed by atoms with van der Waals surface area (Å²) in [5.41, 5.74) is 0.846. The third-order valence-corrected chi connectivity index (χ3v) is 3.99. The molecule has 3 nitrogen and oxygen atoms in total. The van der Waals surface area contributed by atoms with Crippen molar-refractivity contribution in [1.29, 1.82) is 0 Å². The Morgan fingerprint density at radius 3 is 2.63 bits per heavy atom. The molecule has 104 valence electrons. The van der Waals surface area contributed by atoms with Crippen LogP contribution >= 0.6 is 0 Å². The zero-order valence-electron chi connectivity index (χ0n) is 11.7. The summed E-state index contributed by atoms with van der Waals surface area (Å²) in [5.74, 6) is 0.648. The third kappa shape index (κ3) is 3.16. The number of hydrogen-bond donors (Lipinski definition) is 1. The minimum absolute atomic E-state index is 0.0731. The van der Waals surface area contributed by atoms with Crippen LogP contribution in [0.3, 0.4) is 0 Å². The van der Waals surface area contributed by atoms with Gasteiger partial charge in [-0.05, 0) is 25.8 Å². The number of methoxy groups -OCH3 is 1. The number of ketones is 1. The van der Waals surface area contributed by atoms with Gasteiger partial charge in [0.1, 0.15) is 11.4 Å². The molecule has 0 unspecified atom stereocenters. The fourth-order valence-corrected chi connectivity index (χ4v) is 2.80. The van der Waals surface area contributed by atoms with Crippen LogP contribution < -0.4 is 4.74 Å². The first-order valence-corrected chi connectivity index (χ1v) is 6.94.